The second-order valence-electron chi connectivity index (χ2n) is 7.46. The van der Waals surface area contributed by atoms with Gasteiger partial charge in [0.25, 0.3) is 0 Å². The number of thiophene rings is 1. The molecule has 27 heavy (non-hydrogen) atoms. The number of carbonyl (C=O) groups is 2. The third kappa shape index (κ3) is 6.19. The molecule has 1 aliphatic carbocycles. The Morgan fingerprint density at radius 3 is 2.48 bits per heavy atom. The maximum absolute atomic E-state index is 12.1. The highest BCUT2D eigenvalue weighted by molar-refractivity contribution is 7.10. The first kappa shape index (κ1) is 19.6. The fraction of sp³-hybridized carbons (Fsp3) is 0.429. The van der Waals surface area contributed by atoms with Gasteiger partial charge in [-0.1, -0.05) is 44.2 Å². The van der Waals surface area contributed by atoms with E-state index in [9.17, 15) is 9.59 Å². The van der Waals surface area contributed by atoms with Gasteiger partial charge in [-0.2, -0.15) is 0 Å². The van der Waals surface area contributed by atoms with Crippen LogP contribution < -0.4 is 16.0 Å². The quantitative estimate of drug-likeness (QED) is 0.650. The van der Waals surface area contributed by atoms with E-state index in [0.717, 1.165) is 29.7 Å². The van der Waals surface area contributed by atoms with Crippen molar-refractivity contribution in [2.45, 2.75) is 45.2 Å². The first-order chi connectivity index (χ1) is 13.0. The minimum absolute atomic E-state index is 0.0738. The number of carbonyl (C=O) groups excluding carboxylic acids is 2. The molecule has 2 aromatic rings. The summed E-state index contributed by atoms with van der Waals surface area (Å²) in [4.78, 5) is 24.9. The zero-order valence-corrected chi connectivity index (χ0v) is 16.6. The van der Waals surface area contributed by atoms with Crippen molar-refractivity contribution in [2.24, 2.45) is 5.92 Å². The molecule has 0 spiro atoms. The summed E-state index contributed by atoms with van der Waals surface area (Å²) in [5.41, 5.74) is 2.42. The van der Waals surface area contributed by atoms with Crippen molar-refractivity contribution in [3.05, 3.63) is 57.8 Å². The van der Waals surface area contributed by atoms with Gasteiger partial charge in [-0.05, 0) is 47.8 Å². The van der Waals surface area contributed by atoms with Crippen LogP contribution in [0.2, 0.25) is 0 Å². The van der Waals surface area contributed by atoms with Crippen molar-refractivity contribution in [3.63, 3.8) is 0 Å². The van der Waals surface area contributed by atoms with Gasteiger partial charge in [-0.25, -0.2) is 4.79 Å². The molecule has 1 fully saturated rings. The van der Waals surface area contributed by atoms with E-state index in [4.69, 9.17) is 0 Å². The fourth-order valence-corrected chi connectivity index (χ4v) is 3.80. The van der Waals surface area contributed by atoms with E-state index in [-0.39, 0.29) is 24.5 Å². The molecule has 3 N–H and O–H groups in total. The highest BCUT2D eigenvalue weighted by atomic mass is 32.1. The number of hydrogen-bond donors (Lipinski definition) is 3. The van der Waals surface area contributed by atoms with Gasteiger partial charge in [0, 0.05) is 10.9 Å². The largest absolute Gasteiger partial charge is 0.335 e. The molecule has 0 saturated heterocycles. The van der Waals surface area contributed by atoms with E-state index in [2.05, 4.69) is 60.1 Å². The predicted octanol–water partition coefficient (Wildman–Crippen LogP) is 3.61. The van der Waals surface area contributed by atoms with Gasteiger partial charge in [0.1, 0.15) is 0 Å². The number of imide groups is 1. The molecule has 0 bridgehead atoms. The number of rotatable bonds is 8. The third-order valence-corrected chi connectivity index (χ3v) is 5.35. The summed E-state index contributed by atoms with van der Waals surface area (Å²) in [7, 11) is 0. The molecule has 144 valence electrons. The zero-order chi connectivity index (χ0) is 19.2. The van der Waals surface area contributed by atoms with Crippen LogP contribution in [0.3, 0.4) is 0 Å². The van der Waals surface area contributed by atoms with E-state index >= 15 is 0 Å². The highest BCUT2D eigenvalue weighted by Crippen LogP contribution is 2.26. The molecular weight excluding hydrogens is 358 g/mol. The topological polar surface area (TPSA) is 70.2 Å². The molecule has 6 heteroatoms. The van der Waals surface area contributed by atoms with Crippen LogP contribution in [0.5, 0.6) is 0 Å². The lowest BCUT2D eigenvalue weighted by atomic mass is 9.99. The Balaban J connectivity index is 1.61. The summed E-state index contributed by atoms with van der Waals surface area (Å²) in [5, 5.41) is 10.5. The van der Waals surface area contributed by atoms with Crippen molar-refractivity contribution in [3.8, 4) is 0 Å². The molecule has 1 aromatic heterocycles. The monoisotopic (exact) mass is 385 g/mol. The maximum Gasteiger partial charge on any atom is 0.321 e. The summed E-state index contributed by atoms with van der Waals surface area (Å²) in [6.07, 6.45) is 3.04. The molecular formula is C21H27N3O2S. The van der Waals surface area contributed by atoms with E-state index in [0.29, 0.717) is 5.92 Å². The number of nitrogens with one attached hydrogen (secondary N) is 3. The van der Waals surface area contributed by atoms with Gasteiger partial charge in [0.05, 0.1) is 12.6 Å². The second kappa shape index (κ2) is 9.15. The number of urea groups is 1. The lowest BCUT2D eigenvalue weighted by Crippen LogP contribution is -2.44. The van der Waals surface area contributed by atoms with Gasteiger partial charge in [0.15, 0.2) is 0 Å². The van der Waals surface area contributed by atoms with Gasteiger partial charge >= 0.3 is 6.03 Å². The average Bonchev–Trinajstić information content (AvgIpc) is 3.26. The van der Waals surface area contributed by atoms with Gasteiger partial charge in [-0.3, -0.25) is 15.4 Å². The van der Waals surface area contributed by atoms with Crippen molar-refractivity contribution >= 4 is 23.3 Å². The number of benzene rings is 1. The average molecular weight is 386 g/mol. The molecule has 1 aromatic carbocycles. The first-order valence-corrected chi connectivity index (χ1v) is 10.3. The Labute approximate surface area is 164 Å². The molecule has 3 amide bonds. The Morgan fingerprint density at radius 2 is 1.89 bits per heavy atom. The Kier molecular flexibility index (Phi) is 6.63. The van der Waals surface area contributed by atoms with Crippen LogP contribution in [-0.4, -0.2) is 24.5 Å². The first-order valence-electron chi connectivity index (χ1n) is 9.47. The van der Waals surface area contributed by atoms with Crippen molar-refractivity contribution in [1.29, 1.82) is 0 Å². The minimum Gasteiger partial charge on any atom is -0.335 e. The van der Waals surface area contributed by atoms with Crippen LogP contribution in [0.25, 0.3) is 0 Å². The van der Waals surface area contributed by atoms with E-state index in [1.165, 1.54) is 5.56 Å². The summed E-state index contributed by atoms with van der Waals surface area (Å²) >= 11 is 1.65. The van der Waals surface area contributed by atoms with Crippen molar-refractivity contribution in [2.75, 3.05) is 6.54 Å². The van der Waals surface area contributed by atoms with Crippen LogP contribution >= 0.6 is 11.3 Å². The van der Waals surface area contributed by atoms with Crippen LogP contribution in [0.4, 0.5) is 4.79 Å². The predicted molar refractivity (Wildman–Crippen MR) is 109 cm³/mol. The molecule has 3 rings (SSSR count). The summed E-state index contributed by atoms with van der Waals surface area (Å²) in [5.74, 6) is 0.290. The SMILES string of the molecule is CC(C)Cc1ccc([C@H](NCC(=O)NC(=O)NC2CC2)c2cccs2)cc1. The zero-order valence-electron chi connectivity index (χ0n) is 15.8. The van der Waals surface area contributed by atoms with Gasteiger partial charge in [-0.15, -0.1) is 11.3 Å². The second-order valence-corrected chi connectivity index (χ2v) is 8.44. The molecule has 0 unspecified atom stereocenters. The molecule has 1 saturated carbocycles. The Morgan fingerprint density at radius 1 is 1.15 bits per heavy atom. The van der Waals surface area contributed by atoms with E-state index in [1.54, 1.807) is 11.3 Å². The summed E-state index contributed by atoms with van der Waals surface area (Å²) in [6, 6.07) is 12.4. The molecule has 1 aliphatic rings. The molecule has 5 nitrogen and oxygen atoms in total. The number of hydrogen-bond acceptors (Lipinski definition) is 4. The van der Waals surface area contributed by atoms with Gasteiger partial charge in [0.2, 0.25) is 5.91 Å². The van der Waals surface area contributed by atoms with Crippen LogP contribution in [0, 0.1) is 5.92 Å². The molecule has 0 radical (unpaired) electrons. The van der Waals surface area contributed by atoms with Crippen LogP contribution in [0.15, 0.2) is 41.8 Å². The Bertz CT molecular complexity index is 752. The lowest BCUT2D eigenvalue weighted by molar-refractivity contribution is -0.119. The van der Waals surface area contributed by atoms with Crippen LogP contribution in [-0.2, 0) is 11.2 Å². The number of amides is 3. The standard InChI is InChI=1S/C21H27N3O2S/c1-14(2)12-15-5-7-16(8-6-15)20(18-4-3-11-27-18)22-13-19(25)24-21(26)23-17-9-10-17/h3-8,11,14,17,20,22H,9-10,12-13H2,1-2H3,(H2,23,24,25,26)/t20-/m0/s1. The highest BCUT2D eigenvalue weighted by Gasteiger charge is 2.24. The van der Waals surface area contributed by atoms with Gasteiger partial charge < -0.3 is 5.32 Å². The molecule has 1 heterocycles. The molecule has 1 atom stereocenters. The van der Waals surface area contributed by atoms with Crippen LogP contribution in [0.1, 0.15) is 48.7 Å². The molecule has 0 aliphatic heterocycles. The minimum atomic E-state index is -0.407. The maximum atomic E-state index is 12.1. The van der Waals surface area contributed by atoms with E-state index < -0.39 is 6.03 Å². The fourth-order valence-electron chi connectivity index (χ4n) is 2.97. The summed E-state index contributed by atoms with van der Waals surface area (Å²) in [6.45, 7) is 4.50. The third-order valence-electron chi connectivity index (χ3n) is 4.42. The lowest BCUT2D eigenvalue weighted by Gasteiger charge is -2.18. The van der Waals surface area contributed by atoms with Crippen molar-refractivity contribution < 1.29 is 9.59 Å². The Hall–Kier alpha value is -2.18. The normalized spacial score (nSPS) is 14.8. The smallest absolute Gasteiger partial charge is 0.321 e. The van der Waals surface area contributed by atoms with Crippen molar-refractivity contribution in [1.82, 2.24) is 16.0 Å². The van der Waals surface area contributed by atoms with E-state index in [1.807, 2.05) is 11.4 Å². The summed E-state index contributed by atoms with van der Waals surface area (Å²) < 4.78 is 0.